The number of benzene rings is 3. The summed E-state index contributed by atoms with van der Waals surface area (Å²) in [6, 6.07) is 21.7. The number of imide groups is 1. The second kappa shape index (κ2) is 10.0. The molecule has 0 aliphatic carbocycles. The molecule has 1 saturated heterocycles. The molecule has 4 amide bonds. The van der Waals surface area contributed by atoms with E-state index >= 15 is 0 Å². The third-order valence-corrected chi connectivity index (χ3v) is 5.30. The third kappa shape index (κ3) is 5.50. The molecule has 0 bridgehead atoms. The van der Waals surface area contributed by atoms with Crippen molar-refractivity contribution in [1.82, 2.24) is 10.2 Å². The standard InChI is InChI=1S/C27H25N3O4/c1-18-10-12-22(13-11-18)28-25(31)17-34-24-9-4-3-8-21(24)15-23-26(32)30(27(33)29-23)16-20-7-5-6-19(2)14-20/h3-15H,16-17H2,1-2H3,(H,28,31)(H,29,33)/b23-15+. The average molecular weight is 456 g/mol. The van der Waals surface area contributed by atoms with Crippen LogP contribution in [0.25, 0.3) is 6.08 Å². The normalized spacial score (nSPS) is 14.3. The molecule has 0 spiro atoms. The van der Waals surface area contributed by atoms with Gasteiger partial charge < -0.3 is 15.4 Å². The number of urea groups is 1. The number of aryl methyl sites for hydroxylation is 2. The zero-order chi connectivity index (χ0) is 24.1. The van der Waals surface area contributed by atoms with Gasteiger partial charge in [0.05, 0.1) is 6.54 Å². The number of ether oxygens (including phenoxy) is 1. The number of amides is 4. The molecule has 0 atom stereocenters. The van der Waals surface area contributed by atoms with Crippen molar-refractivity contribution in [3.8, 4) is 5.75 Å². The molecule has 0 saturated carbocycles. The van der Waals surface area contributed by atoms with Gasteiger partial charge >= 0.3 is 6.03 Å². The molecule has 1 heterocycles. The maximum Gasteiger partial charge on any atom is 0.329 e. The monoisotopic (exact) mass is 455 g/mol. The smallest absolute Gasteiger partial charge is 0.329 e. The van der Waals surface area contributed by atoms with Crippen LogP contribution in [-0.2, 0) is 16.1 Å². The SMILES string of the molecule is Cc1ccc(NC(=O)COc2ccccc2/C=C2/NC(=O)N(Cc3cccc(C)c3)C2=O)cc1. The topological polar surface area (TPSA) is 87.7 Å². The molecule has 1 fully saturated rings. The summed E-state index contributed by atoms with van der Waals surface area (Å²) in [7, 11) is 0. The van der Waals surface area contributed by atoms with Crippen molar-refractivity contribution >= 4 is 29.6 Å². The number of para-hydroxylation sites is 1. The van der Waals surface area contributed by atoms with Crippen molar-refractivity contribution < 1.29 is 19.1 Å². The highest BCUT2D eigenvalue weighted by Gasteiger charge is 2.33. The lowest BCUT2D eigenvalue weighted by Crippen LogP contribution is -2.30. The first-order valence-corrected chi connectivity index (χ1v) is 10.9. The van der Waals surface area contributed by atoms with E-state index in [1.807, 2.05) is 62.4 Å². The van der Waals surface area contributed by atoms with Gasteiger partial charge in [0.15, 0.2) is 6.61 Å². The Morgan fingerprint density at radius 2 is 1.74 bits per heavy atom. The predicted molar refractivity (Wildman–Crippen MR) is 130 cm³/mol. The summed E-state index contributed by atoms with van der Waals surface area (Å²) in [5.74, 6) is -0.299. The molecule has 172 valence electrons. The summed E-state index contributed by atoms with van der Waals surface area (Å²) in [5, 5.41) is 5.41. The lowest BCUT2D eigenvalue weighted by atomic mass is 10.1. The van der Waals surface area contributed by atoms with E-state index in [-0.39, 0.29) is 24.8 Å². The van der Waals surface area contributed by atoms with Crippen molar-refractivity contribution in [3.05, 3.63) is 101 Å². The minimum absolute atomic E-state index is 0.151. The van der Waals surface area contributed by atoms with Crippen LogP contribution in [0.1, 0.15) is 22.3 Å². The Hall–Kier alpha value is -4.39. The number of hydrogen-bond donors (Lipinski definition) is 2. The Bertz CT molecular complexity index is 1260. The van der Waals surface area contributed by atoms with Gasteiger partial charge in [-0.25, -0.2) is 4.79 Å². The van der Waals surface area contributed by atoms with E-state index < -0.39 is 11.9 Å². The Labute approximate surface area is 198 Å². The summed E-state index contributed by atoms with van der Waals surface area (Å²) in [6.45, 7) is 3.91. The number of nitrogens with zero attached hydrogens (tertiary/aromatic N) is 1. The van der Waals surface area contributed by atoms with Crippen LogP contribution >= 0.6 is 0 Å². The molecule has 1 aliphatic rings. The van der Waals surface area contributed by atoms with Crippen LogP contribution in [0, 0.1) is 13.8 Å². The lowest BCUT2D eigenvalue weighted by Gasteiger charge is -2.12. The first-order chi connectivity index (χ1) is 16.4. The molecule has 1 aliphatic heterocycles. The molecule has 3 aromatic carbocycles. The zero-order valence-electron chi connectivity index (χ0n) is 19.0. The summed E-state index contributed by atoms with van der Waals surface area (Å²) < 4.78 is 5.71. The number of rotatable bonds is 7. The van der Waals surface area contributed by atoms with Gasteiger partial charge in [0.1, 0.15) is 11.4 Å². The van der Waals surface area contributed by atoms with Gasteiger partial charge in [0, 0.05) is 11.3 Å². The maximum absolute atomic E-state index is 12.9. The molecule has 34 heavy (non-hydrogen) atoms. The number of carbonyl (C=O) groups excluding carboxylic acids is 3. The van der Waals surface area contributed by atoms with Crippen molar-refractivity contribution in [3.63, 3.8) is 0 Å². The first-order valence-electron chi connectivity index (χ1n) is 10.9. The molecule has 7 heteroatoms. The van der Waals surface area contributed by atoms with E-state index in [2.05, 4.69) is 10.6 Å². The fourth-order valence-corrected chi connectivity index (χ4v) is 3.57. The lowest BCUT2D eigenvalue weighted by molar-refractivity contribution is -0.123. The highest BCUT2D eigenvalue weighted by Crippen LogP contribution is 2.23. The summed E-state index contributed by atoms with van der Waals surface area (Å²) in [5.41, 5.74) is 4.43. The van der Waals surface area contributed by atoms with Crippen molar-refractivity contribution in [2.75, 3.05) is 11.9 Å². The third-order valence-electron chi connectivity index (χ3n) is 5.30. The Kier molecular flexibility index (Phi) is 6.73. The van der Waals surface area contributed by atoms with E-state index in [0.717, 1.165) is 16.7 Å². The van der Waals surface area contributed by atoms with Gasteiger partial charge in [-0.05, 0) is 43.7 Å². The van der Waals surface area contributed by atoms with Gasteiger partial charge in [0.25, 0.3) is 11.8 Å². The average Bonchev–Trinajstić information content (AvgIpc) is 3.07. The first kappa shape index (κ1) is 22.8. The fourth-order valence-electron chi connectivity index (χ4n) is 3.57. The number of nitrogens with one attached hydrogen (secondary N) is 2. The molecule has 0 aromatic heterocycles. The largest absolute Gasteiger partial charge is 0.483 e. The van der Waals surface area contributed by atoms with Gasteiger partial charge in [-0.2, -0.15) is 0 Å². The van der Waals surface area contributed by atoms with E-state index in [0.29, 0.717) is 17.0 Å². The second-order valence-electron chi connectivity index (χ2n) is 8.11. The number of hydrogen-bond acceptors (Lipinski definition) is 4. The molecular formula is C27H25N3O4. The van der Waals surface area contributed by atoms with Crippen LogP contribution < -0.4 is 15.4 Å². The maximum atomic E-state index is 12.9. The van der Waals surface area contributed by atoms with Crippen LogP contribution in [0.5, 0.6) is 5.75 Å². The molecule has 0 radical (unpaired) electrons. The van der Waals surface area contributed by atoms with E-state index in [1.54, 1.807) is 30.3 Å². The van der Waals surface area contributed by atoms with Crippen molar-refractivity contribution in [1.29, 1.82) is 0 Å². The molecule has 3 aromatic rings. The predicted octanol–water partition coefficient (Wildman–Crippen LogP) is 4.41. The highest BCUT2D eigenvalue weighted by atomic mass is 16.5. The van der Waals surface area contributed by atoms with Gasteiger partial charge in [-0.15, -0.1) is 0 Å². The molecule has 4 rings (SSSR count). The number of anilines is 1. The summed E-state index contributed by atoms with van der Waals surface area (Å²) in [6.07, 6.45) is 1.56. The quantitative estimate of drug-likeness (QED) is 0.408. The van der Waals surface area contributed by atoms with Gasteiger partial charge in [-0.3, -0.25) is 14.5 Å². The minimum Gasteiger partial charge on any atom is -0.483 e. The van der Waals surface area contributed by atoms with Crippen LogP contribution in [0.2, 0.25) is 0 Å². The summed E-state index contributed by atoms with van der Waals surface area (Å²) in [4.78, 5) is 38.8. The minimum atomic E-state index is -0.478. The molecule has 2 N–H and O–H groups in total. The Morgan fingerprint density at radius 3 is 2.50 bits per heavy atom. The van der Waals surface area contributed by atoms with Crippen LogP contribution in [0.3, 0.4) is 0 Å². The van der Waals surface area contributed by atoms with Crippen LogP contribution in [0.15, 0.2) is 78.5 Å². The van der Waals surface area contributed by atoms with Crippen LogP contribution in [0.4, 0.5) is 10.5 Å². The van der Waals surface area contributed by atoms with Gasteiger partial charge in [0.2, 0.25) is 0 Å². The molecule has 7 nitrogen and oxygen atoms in total. The second-order valence-corrected chi connectivity index (χ2v) is 8.11. The Morgan fingerprint density at radius 1 is 0.971 bits per heavy atom. The van der Waals surface area contributed by atoms with E-state index in [4.69, 9.17) is 4.74 Å². The van der Waals surface area contributed by atoms with Crippen molar-refractivity contribution in [2.45, 2.75) is 20.4 Å². The number of carbonyl (C=O) groups is 3. The van der Waals surface area contributed by atoms with Crippen molar-refractivity contribution in [2.24, 2.45) is 0 Å². The summed E-state index contributed by atoms with van der Waals surface area (Å²) >= 11 is 0. The fraction of sp³-hybridized carbons (Fsp3) is 0.148. The molecular weight excluding hydrogens is 430 g/mol. The van der Waals surface area contributed by atoms with Gasteiger partial charge in [-0.1, -0.05) is 65.7 Å². The van der Waals surface area contributed by atoms with E-state index in [1.165, 1.54) is 4.90 Å². The molecule has 0 unspecified atom stereocenters. The highest BCUT2D eigenvalue weighted by molar-refractivity contribution is 6.14. The zero-order valence-corrected chi connectivity index (χ0v) is 19.0. The van der Waals surface area contributed by atoms with E-state index in [9.17, 15) is 14.4 Å². The van der Waals surface area contributed by atoms with Crippen LogP contribution in [-0.4, -0.2) is 29.4 Å². The Balaban J connectivity index is 1.44.